The largest absolute Gasteiger partial charge is 0.506 e. The summed E-state index contributed by atoms with van der Waals surface area (Å²) in [4.78, 5) is 11.1. The van der Waals surface area contributed by atoms with Gasteiger partial charge >= 0.3 is 0 Å². The Balaban J connectivity index is 1.45. The van der Waals surface area contributed by atoms with E-state index in [1.165, 1.54) is 4.90 Å². The van der Waals surface area contributed by atoms with Crippen molar-refractivity contribution in [3.05, 3.63) is 60.1 Å². The summed E-state index contributed by atoms with van der Waals surface area (Å²) in [7, 11) is 1.69. The second-order valence-electron chi connectivity index (χ2n) is 7.12. The van der Waals surface area contributed by atoms with E-state index in [1.54, 1.807) is 7.11 Å². The number of hydrogen-bond acceptors (Lipinski definition) is 5. The lowest BCUT2D eigenvalue weighted by Gasteiger charge is -2.34. The van der Waals surface area contributed by atoms with Crippen molar-refractivity contribution in [2.24, 2.45) is 0 Å². The Morgan fingerprint density at radius 1 is 1.21 bits per heavy atom. The first-order valence-electron chi connectivity index (χ1n) is 9.68. The number of allylic oxidation sites excluding steroid dienone is 1. The van der Waals surface area contributed by atoms with Crippen LogP contribution in [0.4, 0.5) is 5.69 Å². The highest BCUT2D eigenvalue weighted by Crippen LogP contribution is 2.27. The van der Waals surface area contributed by atoms with Crippen LogP contribution >= 0.6 is 0 Å². The SMILES string of the molecule is COc1ccccc1N1CC[NH+](C/C(O)=C(\C#N)c2nc3ccccc3[nH]2)CC1. The zero-order valence-electron chi connectivity index (χ0n) is 16.4. The monoisotopic (exact) mass is 390 g/mol. The molecule has 1 aliphatic rings. The van der Waals surface area contributed by atoms with Gasteiger partial charge in [0.2, 0.25) is 0 Å². The number of aromatic amines is 1. The Morgan fingerprint density at radius 2 is 1.93 bits per heavy atom. The standard InChI is InChI=1S/C22H23N5O2/c1-29-21-9-5-4-8-19(21)27-12-10-26(11-13-27)15-20(28)16(14-23)22-24-17-6-2-3-7-18(17)25-22/h2-9,28H,10-13,15H2,1H3,(H,24,25)/p+1/b20-16-. The minimum absolute atomic E-state index is 0.0762. The molecular formula is C22H24N5O2+. The second-order valence-corrected chi connectivity index (χ2v) is 7.12. The molecule has 0 amide bonds. The average Bonchev–Trinajstić information content (AvgIpc) is 3.18. The molecular weight excluding hydrogens is 366 g/mol. The lowest BCUT2D eigenvalue weighted by molar-refractivity contribution is -0.897. The lowest BCUT2D eigenvalue weighted by atomic mass is 10.2. The summed E-state index contributed by atoms with van der Waals surface area (Å²) in [5.41, 5.74) is 2.93. The van der Waals surface area contributed by atoms with Crippen molar-refractivity contribution in [2.75, 3.05) is 44.7 Å². The highest BCUT2D eigenvalue weighted by molar-refractivity contribution is 5.82. The Bertz CT molecular complexity index is 1040. The molecule has 3 N–H and O–H groups in total. The summed E-state index contributed by atoms with van der Waals surface area (Å²) in [6.45, 7) is 3.84. The summed E-state index contributed by atoms with van der Waals surface area (Å²) in [6.07, 6.45) is 0. The van der Waals surface area contributed by atoms with Crippen LogP contribution in [0.2, 0.25) is 0 Å². The summed E-state index contributed by atoms with van der Waals surface area (Å²) in [6, 6.07) is 17.7. The van der Waals surface area contributed by atoms with Crippen LogP contribution in [0.5, 0.6) is 5.75 Å². The fourth-order valence-corrected chi connectivity index (χ4v) is 3.78. The van der Waals surface area contributed by atoms with E-state index in [9.17, 15) is 10.4 Å². The van der Waals surface area contributed by atoms with Crippen LogP contribution in [-0.2, 0) is 0 Å². The molecule has 1 saturated heterocycles. The number of fused-ring (bicyclic) bond motifs is 1. The van der Waals surface area contributed by atoms with E-state index >= 15 is 0 Å². The van der Waals surface area contributed by atoms with Crippen molar-refractivity contribution in [1.82, 2.24) is 9.97 Å². The smallest absolute Gasteiger partial charge is 0.169 e. The molecule has 0 radical (unpaired) electrons. The fraction of sp³-hybridized carbons (Fsp3) is 0.273. The molecule has 0 spiro atoms. The van der Waals surface area contributed by atoms with E-state index in [0.29, 0.717) is 12.4 Å². The van der Waals surface area contributed by atoms with Crippen LogP contribution in [0.3, 0.4) is 0 Å². The highest BCUT2D eigenvalue weighted by Gasteiger charge is 2.24. The van der Waals surface area contributed by atoms with Gasteiger partial charge in [-0.3, -0.25) is 0 Å². The minimum Gasteiger partial charge on any atom is -0.506 e. The Morgan fingerprint density at radius 3 is 2.66 bits per heavy atom. The van der Waals surface area contributed by atoms with E-state index < -0.39 is 0 Å². The number of methoxy groups -OCH3 is 1. The number of nitrogens with one attached hydrogen (secondary N) is 2. The molecule has 1 aromatic heterocycles. The van der Waals surface area contributed by atoms with Crippen LogP contribution in [-0.4, -0.2) is 54.9 Å². The van der Waals surface area contributed by atoms with Gasteiger partial charge in [-0.1, -0.05) is 24.3 Å². The predicted octanol–water partition coefficient (Wildman–Crippen LogP) is 1.77. The molecule has 0 bridgehead atoms. The van der Waals surface area contributed by atoms with E-state index in [4.69, 9.17) is 4.74 Å². The quantitative estimate of drug-likeness (QED) is 0.456. The van der Waals surface area contributed by atoms with Crippen molar-refractivity contribution >= 4 is 22.3 Å². The molecule has 3 aromatic rings. The molecule has 0 aliphatic carbocycles. The van der Waals surface area contributed by atoms with Crippen LogP contribution < -0.4 is 14.5 Å². The molecule has 2 heterocycles. The van der Waals surface area contributed by atoms with E-state index in [2.05, 4.69) is 27.0 Å². The molecule has 29 heavy (non-hydrogen) atoms. The summed E-state index contributed by atoms with van der Waals surface area (Å²) in [5.74, 6) is 1.36. The van der Waals surface area contributed by atoms with Gasteiger partial charge in [-0.2, -0.15) is 5.26 Å². The molecule has 148 valence electrons. The number of nitriles is 1. The number of aromatic nitrogens is 2. The third-order valence-electron chi connectivity index (χ3n) is 5.34. The number of nitrogens with zero attached hydrogens (tertiary/aromatic N) is 3. The topological polar surface area (TPSA) is 89.6 Å². The Kier molecular flexibility index (Phi) is 5.36. The van der Waals surface area contributed by atoms with Gasteiger partial charge in [0.05, 0.1) is 50.0 Å². The van der Waals surface area contributed by atoms with Gasteiger partial charge < -0.3 is 24.6 Å². The Hall–Kier alpha value is -3.50. The van der Waals surface area contributed by atoms with Gasteiger partial charge in [0.15, 0.2) is 11.6 Å². The third-order valence-corrected chi connectivity index (χ3v) is 5.34. The number of piperazine rings is 1. The number of para-hydroxylation sites is 4. The zero-order valence-corrected chi connectivity index (χ0v) is 16.4. The van der Waals surface area contributed by atoms with Crippen molar-refractivity contribution in [2.45, 2.75) is 0 Å². The van der Waals surface area contributed by atoms with Gasteiger partial charge in [0.25, 0.3) is 0 Å². The van der Waals surface area contributed by atoms with Crippen molar-refractivity contribution in [1.29, 1.82) is 5.26 Å². The lowest BCUT2D eigenvalue weighted by Crippen LogP contribution is -3.15. The first kappa shape index (κ1) is 18.8. The second kappa shape index (κ2) is 8.25. The first-order chi connectivity index (χ1) is 14.2. The number of anilines is 1. The fourth-order valence-electron chi connectivity index (χ4n) is 3.78. The number of ether oxygens (including phenoxy) is 1. The van der Waals surface area contributed by atoms with Gasteiger partial charge in [0, 0.05) is 0 Å². The number of imidazole rings is 1. The number of aliphatic hydroxyl groups excluding tert-OH is 1. The van der Waals surface area contributed by atoms with Crippen molar-refractivity contribution in [3.8, 4) is 11.8 Å². The van der Waals surface area contributed by atoms with Gasteiger partial charge in [-0.15, -0.1) is 0 Å². The molecule has 0 saturated carbocycles. The number of hydrogen-bond donors (Lipinski definition) is 3. The number of benzene rings is 2. The number of rotatable bonds is 5. The van der Waals surface area contributed by atoms with E-state index in [-0.39, 0.29) is 11.3 Å². The third kappa shape index (κ3) is 3.89. The zero-order chi connectivity index (χ0) is 20.2. The first-order valence-corrected chi connectivity index (χ1v) is 9.68. The van der Waals surface area contributed by atoms with E-state index in [1.807, 2.05) is 42.5 Å². The molecule has 0 atom stereocenters. The maximum Gasteiger partial charge on any atom is 0.169 e. The normalized spacial score (nSPS) is 15.8. The number of aliphatic hydroxyl groups is 1. The highest BCUT2D eigenvalue weighted by atomic mass is 16.5. The van der Waals surface area contributed by atoms with Gasteiger partial charge in [-0.05, 0) is 24.3 Å². The number of H-pyrrole nitrogens is 1. The maximum atomic E-state index is 10.6. The minimum atomic E-state index is 0.0762. The predicted molar refractivity (Wildman–Crippen MR) is 112 cm³/mol. The molecule has 4 rings (SSSR count). The maximum absolute atomic E-state index is 10.6. The molecule has 1 aliphatic heterocycles. The van der Waals surface area contributed by atoms with Crippen LogP contribution in [0.25, 0.3) is 16.6 Å². The molecule has 7 heteroatoms. The van der Waals surface area contributed by atoms with E-state index in [0.717, 1.165) is 48.6 Å². The van der Waals surface area contributed by atoms with Crippen molar-refractivity contribution in [3.63, 3.8) is 0 Å². The number of quaternary nitrogens is 1. The van der Waals surface area contributed by atoms with Gasteiger partial charge in [-0.25, -0.2) is 4.98 Å². The molecule has 1 fully saturated rings. The summed E-state index contributed by atoms with van der Waals surface area (Å²) >= 11 is 0. The van der Waals surface area contributed by atoms with Gasteiger partial charge in [0.1, 0.15) is 23.9 Å². The molecule has 2 aromatic carbocycles. The molecule has 7 nitrogen and oxygen atoms in total. The Labute approximate surface area is 169 Å². The van der Waals surface area contributed by atoms with Crippen LogP contribution in [0.1, 0.15) is 5.82 Å². The molecule has 0 unspecified atom stereocenters. The van der Waals surface area contributed by atoms with Crippen LogP contribution in [0.15, 0.2) is 54.3 Å². The summed E-state index contributed by atoms with van der Waals surface area (Å²) < 4.78 is 5.47. The van der Waals surface area contributed by atoms with Crippen LogP contribution in [0, 0.1) is 11.3 Å². The van der Waals surface area contributed by atoms with Crippen molar-refractivity contribution < 1.29 is 14.7 Å². The summed E-state index contributed by atoms with van der Waals surface area (Å²) in [5, 5.41) is 20.2. The average molecular weight is 390 g/mol.